The zero-order valence-corrected chi connectivity index (χ0v) is 11.3. The highest BCUT2D eigenvalue weighted by molar-refractivity contribution is 5.33. The minimum absolute atomic E-state index is 0.121. The Labute approximate surface area is 104 Å². The topological polar surface area (TPSA) is 21.3 Å². The van der Waals surface area contributed by atoms with E-state index in [2.05, 4.69) is 51.2 Å². The summed E-state index contributed by atoms with van der Waals surface area (Å²) in [6.45, 7) is 10.6. The van der Waals surface area contributed by atoms with E-state index in [4.69, 9.17) is 4.74 Å². The van der Waals surface area contributed by atoms with Crippen molar-refractivity contribution in [3.05, 3.63) is 34.9 Å². The lowest BCUT2D eigenvalue weighted by Gasteiger charge is -2.29. The summed E-state index contributed by atoms with van der Waals surface area (Å²) in [7, 11) is 0. The van der Waals surface area contributed by atoms with Crippen molar-refractivity contribution in [3.63, 3.8) is 0 Å². The second kappa shape index (κ2) is 4.79. The predicted octanol–water partition coefficient (Wildman–Crippen LogP) is 2.96. The number of benzene rings is 1. The highest BCUT2D eigenvalue weighted by Crippen LogP contribution is 2.26. The zero-order valence-electron chi connectivity index (χ0n) is 11.3. The van der Waals surface area contributed by atoms with Gasteiger partial charge in [0.15, 0.2) is 0 Å². The van der Waals surface area contributed by atoms with Crippen molar-refractivity contribution in [2.75, 3.05) is 6.61 Å². The summed E-state index contributed by atoms with van der Waals surface area (Å²) in [5, 5.41) is 3.67. The second-order valence-electron chi connectivity index (χ2n) is 5.39. The third-order valence-corrected chi connectivity index (χ3v) is 4.29. The van der Waals surface area contributed by atoms with Crippen molar-refractivity contribution in [1.29, 1.82) is 0 Å². The van der Waals surface area contributed by atoms with Crippen LogP contribution in [0.2, 0.25) is 0 Å². The van der Waals surface area contributed by atoms with E-state index in [0.29, 0.717) is 6.10 Å². The standard InChI is InChI=1S/C15H23NO/c1-11-6-5-7-14(12(11)2)10-16-15(4)8-9-17-13(15)3/h5-7,13,16H,8-10H2,1-4H3. The van der Waals surface area contributed by atoms with Gasteiger partial charge in [0, 0.05) is 18.7 Å². The van der Waals surface area contributed by atoms with Crippen LogP contribution in [0.25, 0.3) is 0 Å². The molecule has 94 valence electrons. The van der Waals surface area contributed by atoms with E-state index in [1.54, 1.807) is 0 Å². The van der Waals surface area contributed by atoms with E-state index in [-0.39, 0.29) is 5.54 Å². The molecule has 1 aliphatic rings. The zero-order chi connectivity index (χ0) is 12.5. The molecule has 1 heterocycles. The maximum atomic E-state index is 5.65. The molecule has 2 heteroatoms. The number of hydrogen-bond donors (Lipinski definition) is 1. The summed E-state index contributed by atoms with van der Waals surface area (Å²) in [5.74, 6) is 0. The lowest BCUT2D eigenvalue weighted by Crippen LogP contribution is -2.47. The first-order valence-corrected chi connectivity index (χ1v) is 6.45. The molecule has 2 unspecified atom stereocenters. The summed E-state index contributed by atoms with van der Waals surface area (Å²) < 4.78 is 5.65. The molecule has 1 saturated heterocycles. The van der Waals surface area contributed by atoms with Gasteiger partial charge in [0.2, 0.25) is 0 Å². The minimum Gasteiger partial charge on any atom is -0.377 e. The van der Waals surface area contributed by atoms with E-state index in [1.807, 2.05) is 0 Å². The van der Waals surface area contributed by atoms with Crippen LogP contribution in [0, 0.1) is 13.8 Å². The highest BCUT2D eigenvalue weighted by Gasteiger charge is 2.36. The maximum Gasteiger partial charge on any atom is 0.0726 e. The largest absolute Gasteiger partial charge is 0.377 e. The lowest BCUT2D eigenvalue weighted by molar-refractivity contribution is 0.0881. The average molecular weight is 233 g/mol. The fraction of sp³-hybridized carbons (Fsp3) is 0.600. The molecular formula is C15H23NO. The van der Waals surface area contributed by atoms with Crippen molar-refractivity contribution in [2.45, 2.75) is 52.3 Å². The van der Waals surface area contributed by atoms with Crippen molar-refractivity contribution >= 4 is 0 Å². The molecule has 17 heavy (non-hydrogen) atoms. The van der Waals surface area contributed by atoms with Crippen LogP contribution in [0.3, 0.4) is 0 Å². The molecule has 1 fully saturated rings. The molecule has 0 saturated carbocycles. The van der Waals surface area contributed by atoms with Crippen LogP contribution < -0.4 is 5.32 Å². The number of rotatable bonds is 3. The van der Waals surface area contributed by atoms with Crippen molar-refractivity contribution < 1.29 is 4.74 Å². The van der Waals surface area contributed by atoms with Gasteiger partial charge in [0.25, 0.3) is 0 Å². The first-order chi connectivity index (χ1) is 8.03. The van der Waals surface area contributed by atoms with Gasteiger partial charge in [-0.3, -0.25) is 0 Å². The Morgan fingerprint density at radius 3 is 2.82 bits per heavy atom. The van der Waals surface area contributed by atoms with Gasteiger partial charge in [-0.2, -0.15) is 0 Å². The molecule has 1 aromatic carbocycles. The van der Waals surface area contributed by atoms with E-state index < -0.39 is 0 Å². The second-order valence-corrected chi connectivity index (χ2v) is 5.39. The van der Waals surface area contributed by atoms with Crippen molar-refractivity contribution in [3.8, 4) is 0 Å². The van der Waals surface area contributed by atoms with Crippen LogP contribution in [0.15, 0.2) is 18.2 Å². The summed E-state index contributed by atoms with van der Waals surface area (Å²) in [5.41, 5.74) is 4.28. The number of aryl methyl sites for hydroxylation is 1. The summed E-state index contributed by atoms with van der Waals surface area (Å²) >= 11 is 0. The Bertz CT molecular complexity index is 402. The molecule has 2 atom stereocenters. The smallest absolute Gasteiger partial charge is 0.0726 e. The maximum absolute atomic E-state index is 5.65. The van der Waals surface area contributed by atoms with E-state index >= 15 is 0 Å². The molecule has 0 amide bonds. The molecule has 2 nitrogen and oxygen atoms in total. The average Bonchev–Trinajstić information content (AvgIpc) is 2.62. The molecule has 0 aromatic heterocycles. The predicted molar refractivity (Wildman–Crippen MR) is 71.2 cm³/mol. The molecular weight excluding hydrogens is 210 g/mol. The third-order valence-electron chi connectivity index (χ3n) is 4.29. The fourth-order valence-corrected chi connectivity index (χ4v) is 2.37. The highest BCUT2D eigenvalue weighted by atomic mass is 16.5. The molecule has 0 spiro atoms. The first kappa shape index (κ1) is 12.6. The van der Waals surface area contributed by atoms with E-state index in [9.17, 15) is 0 Å². The third kappa shape index (κ3) is 2.53. The molecule has 1 aromatic rings. The molecule has 0 aliphatic carbocycles. The van der Waals surface area contributed by atoms with Crippen LogP contribution in [-0.4, -0.2) is 18.2 Å². The summed E-state index contributed by atoms with van der Waals surface area (Å²) in [4.78, 5) is 0. The fourth-order valence-electron chi connectivity index (χ4n) is 2.37. The van der Waals surface area contributed by atoms with Crippen LogP contribution >= 0.6 is 0 Å². The van der Waals surface area contributed by atoms with E-state index in [1.165, 1.54) is 16.7 Å². The Kier molecular flexibility index (Phi) is 3.55. The van der Waals surface area contributed by atoms with Crippen LogP contribution in [0.1, 0.15) is 37.0 Å². The number of nitrogens with one attached hydrogen (secondary N) is 1. The molecule has 2 rings (SSSR count). The number of ether oxygens (including phenoxy) is 1. The lowest BCUT2D eigenvalue weighted by atomic mass is 9.93. The Hall–Kier alpha value is -0.860. The normalized spacial score (nSPS) is 28.6. The first-order valence-electron chi connectivity index (χ1n) is 6.45. The molecule has 0 bridgehead atoms. The SMILES string of the molecule is Cc1cccc(CNC2(C)CCOC2C)c1C. The van der Waals surface area contributed by atoms with Gasteiger partial charge in [-0.05, 0) is 50.8 Å². The van der Waals surface area contributed by atoms with Crippen LogP contribution in [0.5, 0.6) is 0 Å². The molecule has 1 aliphatic heterocycles. The van der Waals surface area contributed by atoms with Crippen molar-refractivity contribution in [1.82, 2.24) is 5.32 Å². The molecule has 0 radical (unpaired) electrons. The van der Waals surface area contributed by atoms with Gasteiger partial charge in [-0.25, -0.2) is 0 Å². The quantitative estimate of drug-likeness (QED) is 0.866. The van der Waals surface area contributed by atoms with Crippen molar-refractivity contribution in [2.24, 2.45) is 0 Å². The van der Waals surface area contributed by atoms with E-state index in [0.717, 1.165) is 19.6 Å². The van der Waals surface area contributed by atoms with Gasteiger partial charge < -0.3 is 10.1 Å². The van der Waals surface area contributed by atoms with Crippen LogP contribution in [-0.2, 0) is 11.3 Å². The van der Waals surface area contributed by atoms with Crippen LogP contribution in [0.4, 0.5) is 0 Å². The van der Waals surface area contributed by atoms with Gasteiger partial charge in [0.05, 0.1) is 6.10 Å². The van der Waals surface area contributed by atoms with Gasteiger partial charge >= 0.3 is 0 Å². The summed E-state index contributed by atoms with van der Waals surface area (Å²) in [6.07, 6.45) is 1.39. The Morgan fingerprint density at radius 2 is 2.18 bits per heavy atom. The van der Waals surface area contributed by atoms with Gasteiger partial charge in [-0.1, -0.05) is 18.2 Å². The minimum atomic E-state index is 0.121. The summed E-state index contributed by atoms with van der Waals surface area (Å²) in [6, 6.07) is 6.51. The Morgan fingerprint density at radius 1 is 1.41 bits per heavy atom. The van der Waals surface area contributed by atoms with Gasteiger partial charge in [0.1, 0.15) is 0 Å². The Balaban J connectivity index is 2.05. The number of hydrogen-bond acceptors (Lipinski definition) is 2. The monoisotopic (exact) mass is 233 g/mol. The van der Waals surface area contributed by atoms with Gasteiger partial charge in [-0.15, -0.1) is 0 Å². The molecule has 1 N–H and O–H groups in total.